The van der Waals surface area contributed by atoms with Crippen LogP contribution in [0.15, 0.2) is 18.2 Å². The molecule has 0 atom stereocenters. The largest absolute Gasteiger partial charge is 0.508 e. The lowest BCUT2D eigenvalue weighted by molar-refractivity contribution is 0.0636. The van der Waals surface area contributed by atoms with Crippen molar-refractivity contribution in [2.45, 2.75) is 45.1 Å². The van der Waals surface area contributed by atoms with Gasteiger partial charge in [0.15, 0.2) is 0 Å². The van der Waals surface area contributed by atoms with Crippen LogP contribution in [0.25, 0.3) is 0 Å². The predicted molar refractivity (Wildman–Crippen MR) is 82.8 cm³/mol. The normalized spacial score (nSPS) is 16.5. The minimum atomic E-state index is -0.529. The molecule has 2 rings (SSSR count). The van der Waals surface area contributed by atoms with Crippen molar-refractivity contribution < 1.29 is 14.6 Å². The number of amides is 1. The number of aromatic hydroxyl groups is 1. The number of hydrogen-bond donors (Lipinski definition) is 3. The summed E-state index contributed by atoms with van der Waals surface area (Å²) < 4.78 is 5.23. The smallest absolute Gasteiger partial charge is 0.412 e. The Morgan fingerprint density at radius 1 is 1.33 bits per heavy atom. The van der Waals surface area contributed by atoms with Gasteiger partial charge in [-0.05, 0) is 76.4 Å². The van der Waals surface area contributed by atoms with Crippen LogP contribution in [0.4, 0.5) is 10.5 Å². The number of rotatable bonds is 2. The Morgan fingerprint density at radius 2 is 2.00 bits per heavy atom. The number of piperidine rings is 1. The number of hydrogen-bond acceptors (Lipinski definition) is 4. The Morgan fingerprint density at radius 3 is 2.62 bits per heavy atom. The highest BCUT2D eigenvalue weighted by Crippen LogP contribution is 2.34. The van der Waals surface area contributed by atoms with E-state index >= 15 is 0 Å². The summed E-state index contributed by atoms with van der Waals surface area (Å²) in [6.07, 6.45) is 1.50. The second-order valence-corrected chi connectivity index (χ2v) is 6.42. The molecule has 3 N–H and O–H groups in total. The molecular weight excluding hydrogens is 268 g/mol. The molecule has 1 heterocycles. The quantitative estimate of drug-likeness (QED) is 0.732. The first-order chi connectivity index (χ1) is 9.85. The molecular formula is C16H24N2O3. The average molecular weight is 292 g/mol. The standard InChI is InChI=1S/C16H24N2O3/c1-16(2,3)21-15(20)18-12-4-5-14(19)13(10-12)11-6-8-17-9-7-11/h4-5,10-11,17,19H,6-9H2,1-3H3,(H,18,20). The first kappa shape index (κ1) is 15.6. The minimum absolute atomic E-state index is 0.289. The molecule has 1 aromatic rings. The number of ether oxygens (including phenoxy) is 1. The summed E-state index contributed by atoms with van der Waals surface area (Å²) in [7, 11) is 0. The van der Waals surface area contributed by atoms with Gasteiger partial charge in [0, 0.05) is 5.69 Å². The molecule has 0 saturated carbocycles. The summed E-state index contributed by atoms with van der Waals surface area (Å²) in [6.45, 7) is 7.37. The minimum Gasteiger partial charge on any atom is -0.508 e. The topological polar surface area (TPSA) is 70.6 Å². The van der Waals surface area contributed by atoms with E-state index in [9.17, 15) is 9.90 Å². The Hall–Kier alpha value is -1.75. The monoisotopic (exact) mass is 292 g/mol. The van der Waals surface area contributed by atoms with Crippen LogP contribution in [0.2, 0.25) is 0 Å². The molecule has 5 nitrogen and oxygen atoms in total. The zero-order valence-corrected chi connectivity index (χ0v) is 12.9. The van der Waals surface area contributed by atoms with Gasteiger partial charge in [-0.1, -0.05) is 0 Å². The highest BCUT2D eigenvalue weighted by molar-refractivity contribution is 5.85. The highest BCUT2D eigenvalue weighted by atomic mass is 16.6. The number of phenols is 1. The van der Waals surface area contributed by atoms with Crippen molar-refractivity contribution in [2.24, 2.45) is 0 Å². The Labute approximate surface area is 125 Å². The first-order valence-corrected chi connectivity index (χ1v) is 7.39. The van der Waals surface area contributed by atoms with Gasteiger partial charge in [0.25, 0.3) is 0 Å². The second-order valence-electron chi connectivity index (χ2n) is 6.42. The highest BCUT2D eigenvalue weighted by Gasteiger charge is 2.20. The van der Waals surface area contributed by atoms with Crippen molar-refractivity contribution in [2.75, 3.05) is 18.4 Å². The summed E-state index contributed by atoms with van der Waals surface area (Å²) in [5, 5.41) is 16.1. The summed E-state index contributed by atoms with van der Waals surface area (Å²) in [5.74, 6) is 0.614. The molecule has 0 unspecified atom stereocenters. The van der Waals surface area contributed by atoms with E-state index in [1.54, 1.807) is 12.1 Å². The maximum Gasteiger partial charge on any atom is 0.412 e. The third-order valence-corrected chi connectivity index (χ3v) is 3.45. The fourth-order valence-corrected chi connectivity index (χ4v) is 2.51. The Bertz CT molecular complexity index is 503. The van der Waals surface area contributed by atoms with Crippen LogP contribution in [0.5, 0.6) is 5.75 Å². The van der Waals surface area contributed by atoms with Crippen LogP contribution in [-0.4, -0.2) is 29.9 Å². The molecule has 1 aliphatic rings. The average Bonchev–Trinajstić information content (AvgIpc) is 2.40. The van der Waals surface area contributed by atoms with Gasteiger partial charge in [-0.2, -0.15) is 0 Å². The molecule has 116 valence electrons. The van der Waals surface area contributed by atoms with E-state index in [2.05, 4.69) is 10.6 Å². The van der Waals surface area contributed by atoms with Gasteiger partial charge < -0.3 is 15.2 Å². The Balaban J connectivity index is 2.09. The van der Waals surface area contributed by atoms with Crippen LogP contribution >= 0.6 is 0 Å². The van der Waals surface area contributed by atoms with Gasteiger partial charge >= 0.3 is 6.09 Å². The maximum atomic E-state index is 11.8. The van der Waals surface area contributed by atoms with E-state index in [1.165, 1.54) is 0 Å². The third-order valence-electron chi connectivity index (χ3n) is 3.45. The summed E-state index contributed by atoms with van der Waals surface area (Å²) in [5.41, 5.74) is 1.01. The molecule has 1 aromatic carbocycles. The van der Waals surface area contributed by atoms with Crippen molar-refractivity contribution >= 4 is 11.8 Å². The van der Waals surface area contributed by atoms with Gasteiger partial charge in [0.2, 0.25) is 0 Å². The van der Waals surface area contributed by atoms with Crippen LogP contribution in [0.1, 0.15) is 45.1 Å². The molecule has 0 bridgehead atoms. The zero-order chi connectivity index (χ0) is 15.5. The molecule has 0 radical (unpaired) electrons. The maximum absolute atomic E-state index is 11.8. The fraction of sp³-hybridized carbons (Fsp3) is 0.562. The van der Waals surface area contributed by atoms with Gasteiger partial charge in [0.1, 0.15) is 11.4 Å². The van der Waals surface area contributed by atoms with E-state index in [0.29, 0.717) is 11.6 Å². The second kappa shape index (κ2) is 6.35. The molecule has 1 amide bonds. The predicted octanol–water partition coefficient (Wildman–Crippen LogP) is 3.21. The lowest BCUT2D eigenvalue weighted by Gasteiger charge is -2.24. The third kappa shape index (κ3) is 4.63. The van der Waals surface area contributed by atoms with Gasteiger partial charge in [-0.25, -0.2) is 4.79 Å². The van der Waals surface area contributed by atoms with Crippen LogP contribution < -0.4 is 10.6 Å². The lowest BCUT2D eigenvalue weighted by atomic mass is 9.89. The fourth-order valence-electron chi connectivity index (χ4n) is 2.51. The molecule has 21 heavy (non-hydrogen) atoms. The van der Waals surface area contributed by atoms with Crippen molar-refractivity contribution in [1.29, 1.82) is 0 Å². The summed E-state index contributed by atoms with van der Waals surface area (Å²) >= 11 is 0. The van der Waals surface area contributed by atoms with Crippen molar-refractivity contribution in [1.82, 2.24) is 5.32 Å². The van der Waals surface area contributed by atoms with Crippen molar-refractivity contribution in [3.63, 3.8) is 0 Å². The molecule has 5 heteroatoms. The first-order valence-electron chi connectivity index (χ1n) is 7.39. The number of benzene rings is 1. The zero-order valence-electron chi connectivity index (χ0n) is 12.9. The van der Waals surface area contributed by atoms with E-state index < -0.39 is 11.7 Å². The summed E-state index contributed by atoms with van der Waals surface area (Å²) in [6, 6.07) is 5.16. The van der Waals surface area contributed by atoms with E-state index in [0.717, 1.165) is 31.5 Å². The molecule has 0 spiro atoms. The van der Waals surface area contributed by atoms with Crippen LogP contribution in [0.3, 0.4) is 0 Å². The van der Waals surface area contributed by atoms with Crippen molar-refractivity contribution in [3.05, 3.63) is 23.8 Å². The number of carbonyl (C=O) groups excluding carboxylic acids is 1. The molecule has 1 fully saturated rings. The van der Waals surface area contributed by atoms with Gasteiger partial charge in [-0.3, -0.25) is 5.32 Å². The SMILES string of the molecule is CC(C)(C)OC(=O)Nc1ccc(O)c(C2CCNCC2)c1. The van der Waals surface area contributed by atoms with E-state index in [-0.39, 0.29) is 5.75 Å². The van der Waals surface area contributed by atoms with Gasteiger partial charge in [-0.15, -0.1) is 0 Å². The van der Waals surface area contributed by atoms with Crippen molar-refractivity contribution in [3.8, 4) is 5.75 Å². The number of anilines is 1. The number of phenolic OH excluding ortho intramolecular Hbond substituents is 1. The molecule has 0 aromatic heterocycles. The van der Waals surface area contributed by atoms with Crippen LogP contribution in [-0.2, 0) is 4.74 Å². The molecule has 0 aliphatic carbocycles. The summed E-state index contributed by atoms with van der Waals surface area (Å²) in [4.78, 5) is 11.8. The number of nitrogens with one attached hydrogen (secondary N) is 2. The molecule has 1 saturated heterocycles. The lowest BCUT2D eigenvalue weighted by Crippen LogP contribution is -2.27. The van der Waals surface area contributed by atoms with E-state index in [1.807, 2.05) is 26.8 Å². The molecule has 1 aliphatic heterocycles. The number of carbonyl (C=O) groups is 1. The van der Waals surface area contributed by atoms with E-state index in [4.69, 9.17) is 4.74 Å². The Kier molecular flexibility index (Phi) is 4.73. The van der Waals surface area contributed by atoms with Crippen LogP contribution in [0, 0.1) is 0 Å². The van der Waals surface area contributed by atoms with Gasteiger partial charge in [0.05, 0.1) is 0 Å².